The Hall–Kier alpha value is -1.82. The molecule has 0 saturated heterocycles. The number of benzene rings is 1. The summed E-state index contributed by atoms with van der Waals surface area (Å²) in [6.45, 7) is 0.447. The highest BCUT2D eigenvalue weighted by Crippen LogP contribution is 2.11. The monoisotopic (exact) mass is 308 g/mol. The summed E-state index contributed by atoms with van der Waals surface area (Å²) < 4.78 is 2.52. The van der Waals surface area contributed by atoms with Crippen LogP contribution in [0.25, 0.3) is 0 Å². The van der Waals surface area contributed by atoms with Gasteiger partial charge in [-0.3, -0.25) is 9.48 Å². The molecule has 0 spiro atoms. The lowest BCUT2D eigenvalue weighted by Crippen LogP contribution is -2.24. The molecule has 2 rings (SSSR count). The van der Waals surface area contributed by atoms with Gasteiger partial charge in [-0.25, -0.2) is 0 Å². The van der Waals surface area contributed by atoms with E-state index in [1.54, 1.807) is 13.2 Å². The fourth-order valence-corrected chi connectivity index (χ4v) is 1.82. The number of halogens is 1. The second-order valence-corrected chi connectivity index (χ2v) is 4.83. The molecule has 1 aromatic carbocycles. The highest BCUT2D eigenvalue weighted by Gasteiger charge is 2.13. The number of aromatic nitrogens is 2. The van der Waals surface area contributed by atoms with Crippen LogP contribution < -0.4 is 11.1 Å². The molecule has 1 aromatic heterocycles. The third-order valence-corrected chi connectivity index (χ3v) is 2.97. The largest absolute Gasteiger partial charge is 0.396 e. The molecule has 0 radical (unpaired) electrons. The van der Waals surface area contributed by atoms with Gasteiger partial charge in [-0.05, 0) is 17.7 Å². The number of nitrogens with one attached hydrogen (secondary N) is 1. The molecule has 1 amide bonds. The zero-order valence-corrected chi connectivity index (χ0v) is 11.4. The molecule has 0 saturated carbocycles. The van der Waals surface area contributed by atoms with Gasteiger partial charge in [-0.2, -0.15) is 5.10 Å². The van der Waals surface area contributed by atoms with Crippen molar-refractivity contribution >= 4 is 27.5 Å². The Morgan fingerprint density at radius 2 is 2.11 bits per heavy atom. The van der Waals surface area contributed by atoms with E-state index in [9.17, 15) is 4.79 Å². The molecule has 94 valence electrons. The van der Waals surface area contributed by atoms with Crippen LogP contribution in [-0.4, -0.2) is 15.7 Å². The third kappa shape index (κ3) is 2.89. The summed E-state index contributed by atoms with van der Waals surface area (Å²) in [6, 6.07) is 7.73. The van der Waals surface area contributed by atoms with E-state index in [1.807, 2.05) is 24.3 Å². The Bertz CT molecular complexity index is 562. The summed E-state index contributed by atoms with van der Waals surface area (Å²) in [5.41, 5.74) is 7.33. The van der Waals surface area contributed by atoms with Gasteiger partial charge in [-0.15, -0.1) is 0 Å². The molecule has 18 heavy (non-hydrogen) atoms. The van der Waals surface area contributed by atoms with Gasteiger partial charge in [0, 0.05) is 24.3 Å². The van der Waals surface area contributed by atoms with Crippen LogP contribution in [0.1, 0.15) is 16.1 Å². The molecule has 3 N–H and O–H groups in total. The first kappa shape index (κ1) is 12.6. The summed E-state index contributed by atoms with van der Waals surface area (Å²) in [4.78, 5) is 11.8. The number of nitrogens with two attached hydrogens (primary N) is 1. The van der Waals surface area contributed by atoms with Crippen LogP contribution >= 0.6 is 15.9 Å². The van der Waals surface area contributed by atoms with Crippen molar-refractivity contribution in [3.8, 4) is 0 Å². The molecule has 6 heteroatoms. The molecular formula is C12H13BrN4O. The molecule has 0 aliphatic heterocycles. The molecule has 0 aliphatic rings. The second kappa shape index (κ2) is 5.22. The van der Waals surface area contributed by atoms with Crippen LogP contribution in [0.2, 0.25) is 0 Å². The normalized spacial score (nSPS) is 10.3. The summed E-state index contributed by atoms with van der Waals surface area (Å²) in [6.07, 6.45) is 1.61. The van der Waals surface area contributed by atoms with Crippen molar-refractivity contribution in [3.63, 3.8) is 0 Å². The Labute approximate surface area is 113 Å². The summed E-state index contributed by atoms with van der Waals surface area (Å²) >= 11 is 3.36. The van der Waals surface area contributed by atoms with Crippen molar-refractivity contribution in [2.75, 3.05) is 5.73 Å². The Kier molecular flexibility index (Phi) is 3.66. The number of rotatable bonds is 3. The fraction of sp³-hybridized carbons (Fsp3) is 0.167. The van der Waals surface area contributed by atoms with Gasteiger partial charge >= 0.3 is 0 Å². The van der Waals surface area contributed by atoms with Gasteiger partial charge in [0.15, 0.2) is 5.69 Å². The number of carbonyl (C=O) groups is 1. The Morgan fingerprint density at radius 3 is 2.67 bits per heavy atom. The number of hydrogen-bond donors (Lipinski definition) is 2. The highest BCUT2D eigenvalue weighted by atomic mass is 79.9. The molecular weight excluding hydrogens is 296 g/mol. The first-order chi connectivity index (χ1) is 8.56. The molecule has 5 nitrogen and oxygen atoms in total. The zero-order chi connectivity index (χ0) is 13.1. The van der Waals surface area contributed by atoms with E-state index >= 15 is 0 Å². The lowest BCUT2D eigenvalue weighted by Gasteiger charge is -2.04. The van der Waals surface area contributed by atoms with Crippen molar-refractivity contribution in [1.82, 2.24) is 15.1 Å². The van der Waals surface area contributed by atoms with Crippen LogP contribution in [0, 0.1) is 0 Å². The minimum Gasteiger partial charge on any atom is -0.396 e. The summed E-state index contributed by atoms with van der Waals surface area (Å²) in [5, 5.41) is 6.79. The van der Waals surface area contributed by atoms with E-state index in [2.05, 4.69) is 26.3 Å². The van der Waals surface area contributed by atoms with Crippen molar-refractivity contribution in [1.29, 1.82) is 0 Å². The van der Waals surface area contributed by atoms with Crippen molar-refractivity contribution in [3.05, 3.63) is 46.2 Å². The van der Waals surface area contributed by atoms with Crippen LogP contribution in [0.5, 0.6) is 0 Å². The van der Waals surface area contributed by atoms with E-state index in [0.717, 1.165) is 10.0 Å². The lowest BCUT2D eigenvalue weighted by atomic mass is 10.2. The van der Waals surface area contributed by atoms with Crippen LogP contribution in [-0.2, 0) is 13.6 Å². The number of carbonyl (C=O) groups excluding carboxylic acids is 1. The van der Waals surface area contributed by atoms with Gasteiger partial charge in [0.2, 0.25) is 0 Å². The summed E-state index contributed by atoms with van der Waals surface area (Å²) in [7, 11) is 1.72. The maximum absolute atomic E-state index is 11.8. The predicted octanol–water partition coefficient (Wildman–Crippen LogP) is 1.69. The quantitative estimate of drug-likeness (QED) is 0.906. The van der Waals surface area contributed by atoms with Gasteiger partial charge in [0.1, 0.15) is 0 Å². The first-order valence-corrected chi connectivity index (χ1v) is 6.17. The molecule has 2 aromatic rings. The highest BCUT2D eigenvalue weighted by molar-refractivity contribution is 9.10. The van der Waals surface area contributed by atoms with E-state index in [0.29, 0.717) is 12.2 Å². The molecule has 0 unspecified atom stereocenters. The van der Waals surface area contributed by atoms with Crippen LogP contribution in [0.3, 0.4) is 0 Å². The number of aryl methyl sites for hydroxylation is 1. The van der Waals surface area contributed by atoms with Gasteiger partial charge in [0.05, 0.1) is 5.69 Å². The molecule has 0 aliphatic carbocycles. The van der Waals surface area contributed by atoms with E-state index in [1.165, 1.54) is 4.68 Å². The van der Waals surface area contributed by atoms with Crippen molar-refractivity contribution < 1.29 is 4.79 Å². The van der Waals surface area contributed by atoms with E-state index in [-0.39, 0.29) is 11.6 Å². The minimum absolute atomic E-state index is 0.259. The Balaban J connectivity index is 2.00. The zero-order valence-electron chi connectivity index (χ0n) is 9.85. The minimum atomic E-state index is -0.268. The number of nitrogens with zero attached hydrogens (tertiary/aromatic N) is 2. The maximum Gasteiger partial charge on any atom is 0.274 e. The molecule has 1 heterocycles. The predicted molar refractivity (Wildman–Crippen MR) is 72.9 cm³/mol. The average molecular weight is 309 g/mol. The Morgan fingerprint density at radius 1 is 1.44 bits per heavy atom. The fourth-order valence-electron chi connectivity index (χ4n) is 1.55. The molecule has 0 atom stereocenters. The molecule has 0 bridgehead atoms. The van der Waals surface area contributed by atoms with Crippen LogP contribution in [0.15, 0.2) is 34.9 Å². The number of amides is 1. The third-order valence-electron chi connectivity index (χ3n) is 2.44. The van der Waals surface area contributed by atoms with Gasteiger partial charge < -0.3 is 11.1 Å². The first-order valence-electron chi connectivity index (χ1n) is 5.38. The van der Waals surface area contributed by atoms with Crippen molar-refractivity contribution in [2.45, 2.75) is 6.54 Å². The molecule has 0 fully saturated rings. The SMILES string of the molecule is Cn1cc(N)c(C(=O)NCc2ccc(Br)cc2)n1. The maximum atomic E-state index is 11.8. The van der Waals surface area contributed by atoms with Crippen LogP contribution in [0.4, 0.5) is 5.69 Å². The standard InChI is InChI=1S/C12H13BrN4O/c1-17-7-10(14)11(16-17)12(18)15-6-8-2-4-9(13)5-3-8/h2-5,7H,6,14H2,1H3,(H,15,18). The lowest BCUT2D eigenvalue weighted by molar-refractivity contribution is 0.0946. The smallest absolute Gasteiger partial charge is 0.274 e. The number of anilines is 1. The van der Waals surface area contributed by atoms with E-state index in [4.69, 9.17) is 5.73 Å². The topological polar surface area (TPSA) is 72.9 Å². The number of hydrogen-bond acceptors (Lipinski definition) is 3. The van der Waals surface area contributed by atoms with Gasteiger partial charge in [-0.1, -0.05) is 28.1 Å². The van der Waals surface area contributed by atoms with E-state index < -0.39 is 0 Å². The second-order valence-electron chi connectivity index (χ2n) is 3.92. The summed E-state index contributed by atoms with van der Waals surface area (Å²) in [5.74, 6) is -0.268. The van der Waals surface area contributed by atoms with Gasteiger partial charge in [0.25, 0.3) is 5.91 Å². The number of nitrogen functional groups attached to an aromatic ring is 1. The van der Waals surface area contributed by atoms with Crippen molar-refractivity contribution in [2.24, 2.45) is 7.05 Å². The average Bonchev–Trinajstić information content (AvgIpc) is 2.67.